The second kappa shape index (κ2) is 5.48. The SMILES string of the molecule is CCCC.Cc1ccc2occc2c1. The molecule has 0 amide bonds. The fourth-order valence-corrected chi connectivity index (χ4v) is 1.09. The predicted molar refractivity (Wildman–Crippen MR) is 61.5 cm³/mol. The molecule has 0 N–H and O–H groups in total. The van der Waals surface area contributed by atoms with Crippen LogP contribution in [0.15, 0.2) is 34.9 Å². The highest BCUT2D eigenvalue weighted by molar-refractivity contribution is 5.77. The molecule has 0 aliphatic carbocycles. The molecule has 0 bridgehead atoms. The van der Waals surface area contributed by atoms with Crippen molar-refractivity contribution in [1.82, 2.24) is 0 Å². The first-order chi connectivity index (χ1) is 6.77. The lowest BCUT2D eigenvalue weighted by Gasteiger charge is -1.89. The summed E-state index contributed by atoms with van der Waals surface area (Å²) in [7, 11) is 0. The van der Waals surface area contributed by atoms with E-state index < -0.39 is 0 Å². The zero-order valence-corrected chi connectivity index (χ0v) is 9.21. The van der Waals surface area contributed by atoms with Crippen molar-refractivity contribution in [2.24, 2.45) is 0 Å². The number of aryl methyl sites for hydroxylation is 1. The smallest absolute Gasteiger partial charge is 0.133 e. The van der Waals surface area contributed by atoms with Gasteiger partial charge in [0.1, 0.15) is 5.58 Å². The second-order valence-corrected chi connectivity index (χ2v) is 3.46. The number of unbranched alkanes of at least 4 members (excludes halogenated alkanes) is 1. The van der Waals surface area contributed by atoms with Gasteiger partial charge in [-0.25, -0.2) is 0 Å². The minimum absolute atomic E-state index is 0.964. The molecule has 14 heavy (non-hydrogen) atoms. The highest BCUT2D eigenvalue weighted by atomic mass is 16.3. The minimum atomic E-state index is 0.964. The summed E-state index contributed by atoms with van der Waals surface area (Å²) in [6.45, 7) is 6.44. The molecule has 0 radical (unpaired) electrons. The molecule has 1 aromatic heterocycles. The van der Waals surface area contributed by atoms with Gasteiger partial charge in [-0.15, -0.1) is 0 Å². The maximum Gasteiger partial charge on any atom is 0.133 e. The van der Waals surface area contributed by atoms with Gasteiger partial charge in [0.25, 0.3) is 0 Å². The van der Waals surface area contributed by atoms with Crippen molar-refractivity contribution in [1.29, 1.82) is 0 Å². The Balaban J connectivity index is 0.000000213. The van der Waals surface area contributed by atoms with Gasteiger partial charge in [0, 0.05) is 5.39 Å². The van der Waals surface area contributed by atoms with Crippen molar-refractivity contribution < 1.29 is 4.42 Å². The van der Waals surface area contributed by atoms with Crippen LogP contribution >= 0.6 is 0 Å². The second-order valence-electron chi connectivity index (χ2n) is 3.46. The van der Waals surface area contributed by atoms with Gasteiger partial charge in [-0.1, -0.05) is 38.3 Å². The zero-order chi connectivity index (χ0) is 10.4. The van der Waals surface area contributed by atoms with E-state index in [1.165, 1.54) is 23.8 Å². The van der Waals surface area contributed by atoms with Crippen LogP contribution in [-0.4, -0.2) is 0 Å². The molecule has 76 valence electrons. The molecule has 2 rings (SSSR count). The van der Waals surface area contributed by atoms with Crippen molar-refractivity contribution >= 4 is 11.0 Å². The number of rotatable bonds is 1. The Morgan fingerprint density at radius 2 is 1.79 bits per heavy atom. The van der Waals surface area contributed by atoms with Crippen molar-refractivity contribution in [2.75, 3.05) is 0 Å². The largest absolute Gasteiger partial charge is 0.464 e. The monoisotopic (exact) mass is 190 g/mol. The van der Waals surface area contributed by atoms with Crippen LogP contribution in [0.1, 0.15) is 32.3 Å². The van der Waals surface area contributed by atoms with Gasteiger partial charge in [-0.05, 0) is 25.1 Å². The van der Waals surface area contributed by atoms with Gasteiger partial charge in [0.15, 0.2) is 0 Å². The van der Waals surface area contributed by atoms with Crippen molar-refractivity contribution in [3.05, 3.63) is 36.1 Å². The number of fused-ring (bicyclic) bond motifs is 1. The molecule has 2 aromatic rings. The normalized spacial score (nSPS) is 9.64. The lowest BCUT2D eigenvalue weighted by molar-refractivity contribution is 0.616. The summed E-state index contributed by atoms with van der Waals surface area (Å²) in [5.41, 5.74) is 2.24. The fraction of sp³-hybridized carbons (Fsp3) is 0.385. The molecule has 0 saturated carbocycles. The van der Waals surface area contributed by atoms with Crippen molar-refractivity contribution in [2.45, 2.75) is 33.6 Å². The molecule has 0 saturated heterocycles. The lowest BCUT2D eigenvalue weighted by atomic mass is 10.2. The summed E-state index contributed by atoms with van der Waals surface area (Å²) in [5, 5.41) is 1.18. The maximum atomic E-state index is 5.17. The van der Waals surface area contributed by atoms with Gasteiger partial charge in [0.05, 0.1) is 6.26 Å². The average Bonchev–Trinajstić information content (AvgIpc) is 2.65. The topological polar surface area (TPSA) is 13.1 Å². The third-order valence-corrected chi connectivity index (χ3v) is 2.11. The molecule has 1 nitrogen and oxygen atoms in total. The molecule has 0 spiro atoms. The Hall–Kier alpha value is -1.24. The summed E-state index contributed by atoms with van der Waals surface area (Å²) in [5.74, 6) is 0. The van der Waals surface area contributed by atoms with Crippen LogP contribution in [0.2, 0.25) is 0 Å². The van der Waals surface area contributed by atoms with E-state index in [0.717, 1.165) is 5.58 Å². The van der Waals surface area contributed by atoms with E-state index in [2.05, 4.69) is 26.8 Å². The average molecular weight is 190 g/mol. The van der Waals surface area contributed by atoms with Crippen LogP contribution in [0.3, 0.4) is 0 Å². The minimum Gasteiger partial charge on any atom is -0.464 e. The van der Waals surface area contributed by atoms with Gasteiger partial charge in [0.2, 0.25) is 0 Å². The van der Waals surface area contributed by atoms with Crippen LogP contribution in [0.4, 0.5) is 0 Å². The molecular weight excluding hydrogens is 172 g/mol. The Morgan fingerprint density at radius 3 is 2.43 bits per heavy atom. The van der Waals surface area contributed by atoms with Crippen LogP contribution < -0.4 is 0 Å². The van der Waals surface area contributed by atoms with E-state index >= 15 is 0 Å². The van der Waals surface area contributed by atoms with E-state index in [-0.39, 0.29) is 0 Å². The Kier molecular flexibility index (Phi) is 4.24. The van der Waals surface area contributed by atoms with E-state index in [0.29, 0.717) is 0 Å². The molecule has 0 unspecified atom stereocenters. The predicted octanol–water partition coefficient (Wildman–Crippen LogP) is 4.55. The van der Waals surface area contributed by atoms with Crippen LogP contribution in [0.25, 0.3) is 11.0 Å². The molecule has 0 atom stereocenters. The highest BCUT2D eigenvalue weighted by Crippen LogP contribution is 2.15. The summed E-state index contributed by atoms with van der Waals surface area (Å²) in [4.78, 5) is 0. The summed E-state index contributed by atoms with van der Waals surface area (Å²) < 4.78 is 5.17. The summed E-state index contributed by atoms with van der Waals surface area (Å²) in [6.07, 6.45) is 4.35. The number of hydrogen-bond acceptors (Lipinski definition) is 1. The fourth-order valence-electron chi connectivity index (χ4n) is 1.09. The quantitative estimate of drug-likeness (QED) is 0.643. The van der Waals surface area contributed by atoms with E-state index in [1.807, 2.05) is 18.2 Å². The standard InChI is InChI=1S/C9H8O.C4H10/c1-7-2-3-9-8(6-7)4-5-10-9;1-3-4-2/h2-6H,1H3;3-4H2,1-2H3. The molecule has 1 aromatic carbocycles. The van der Waals surface area contributed by atoms with Gasteiger partial charge >= 0.3 is 0 Å². The zero-order valence-electron chi connectivity index (χ0n) is 9.21. The van der Waals surface area contributed by atoms with Crippen LogP contribution in [-0.2, 0) is 0 Å². The lowest BCUT2D eigenvalue weighted by Crippen LogP contribution is -1.67. The molecule has 0 fully saturated rings. The molecular formula is C13H18O. The molecule has 1 heterocycles. The summed E-state index contributed by atoms with van der Waals surface area (Å²) >= 11 is 0. The van der Waals surface area contributed by atoms with Crippen LogP contribution in [0, 0.1) is 6.92 Å². The third kappa shape index (κ3) is 2.91. The van der Waals surface area contributed by atoms with E-state index in [1.54, 1.807) is 6.26 Å². The van der Waals surface area contributed by atoms with Gasteiger partial charge in [-0.3, -0.25) is 0 Å². The Labute approximate surface area is 85.7 Å². The van der Waals surface area contributed by atoms with Gasteiger partial charge in [-0.2, -0.15) is 0 Å². The third-order valence-electron chi connectivity index (χ3n) is 2.11. The van der Waals surface area contributed by atoms with E-state index in [9.17, 15) is 0 Å². The van der Waals surface area contributed by atoms with Gasteiger partial charge < -0.3 is 4.42 Å². The maximum absolute atomic E-state index is 5.17. The molecule has 0 aliphatic rings. The molecule has 1 heteroatoms. The highest BCUT2D eigenvalue weighted by Gasteiger charge is 1.93. The van der Waals surface area contributed by atoms with E-state index in [4.69, 9.17) is 4.42 Å². The Morgan fingerprint density at radius 1 is 1.07 bits per heavy atom. The molecule has 0 aliphatic heterocycles. The van der Waals surface area contributed by atoms with Crippen molar-refractivity contribution in [3.63, 3.8) is 0 Å². The van der Waals surface area contributed by atoms with Crippen molar-refractivity contribution in [3.8, 4) is 0 Å². The first-order valence-electron chi connectivity index (χ1n) is 5.21. The first-order valence-corrected chi connectivity index (χ1v) is 5.21. The van der Waals surface area contributed by atoms with Crippen LogP contribution in [0.5, 0.6) is 0 Å². The number of hydrogen-bond donors (Lipinski definition) is 0. The first kappa shape index (κ1) is 10.8. The summed E-state index contributed by atoms with van der Waals surface area (Å²) in [6, 6.07) is 8.12. The Bertz CT molecular complexity index is 371. The number of furan rings is 1. The number of benzene rings is 1.